The predicted molar refractivity (Wildman–Crippen MR) is 125 cm³/mol. The minimum atomic E-state index is -0.217. The molecule has 10 heteroatoms. The fraction of sp³-hybridized carbons (Fsp3) is 0.348. The van der Waals surface area contributed by atoms with Crippen molar-refractivity contribution in [1.29, 1.82) is 0 Å². The van der Waals surface area contributed by atoms with Crippen LogP contribution in [-0.2, 0) is 9.59 Å². The van der Waals surface area contributed by atoms with Crippen molar-refractivity contribution in [3.8, 4) is 11.6 Å². The molecule has 3 heterocycles. The van der Waals surface area contributed by atoms with E-state index in [2.05, 4.69) is 30.7 Å². The number of rotatable bonds is 6. The van der Waals surface area contributed by atoms with Gasteiger partial charge in [0.05, 0.1) is 18.7 Å². The van der Waals surface area contributed by atoms with E-state index in [1.54, 1.807) is 31.5 Å². The first-order valence-corrected chi connectivity index (χ1v) is 10.8. The number of imidazole rings is 1. The monoisotopic (exact) mass is 449 g/mol. The molecule has 4 rings (SSSR count). The van der Waals surface area contributed by atoms with Gasteiger partial charge >= 0.3 is 0 Å². The summed E-state index contributed by atoms with van der Waals surface area (Å²) in [5.74, 6) is 2.30. The number of hydrogen-bond acceptors (Lipinski definition) is 7. The first-order valence-electron chi connectivity index (χ1n) is 10.8. The van der Waals surface area contributed by atoms with Gasteiger partial charge in [-0.1, -0.05) is 0 Å². The van der Waals surface area contributed by atoms with Gasteiger partial charge in [-0.15, -0.1) is 10.2 Å². The summed E-state index contributed by atoms with van der Waals surface area (Å²) in [6.45, 7) is 4.69. The van der Waals surface area contributed by atoms with E-state index in [0.29, 0.717) is 29.5 Å². The van der Waals surface area contributed by atoms with Crippen LogP contribution < -0.4 is 20.3 Å². The molecule has 1 atom stereocenters. The molecule has 1 fully saturated rings. The summed E-state index contributed by atoms with van der Waals surface area (Å²) in [5, 5.41) is 14.4. The van der Waals surface area contributed by atoms with Crippen LogP contribution in [0.5, 0.6) is 5.75 Å². The maximum absolute atomic E-state index is 13.1. The Morgan fingerprint density at radius 3 is 2.58 bits per heavy atom. The van der Waals surface area contributed by atoms with Crippen molar-refractivity contribution in [3.05, 3.63) is 48.5 Å². The highest BCUT2D eigenvalue weighted by Crippen LogP contribution is 2.30. The average Bonchev–Trinajstić information content (AvgIpc) is 3.25. The highest BCUT2D eigenvalue weighted by Gasteiger charge is 2.27. The summed E-state index contributed by atoms with van der Waals surface area (Å²) in [6.07, 6.45) is 5.20. The second-order valence-corrected chi connectivity index (χ2v) is 7.96. The van der Waals surface area contributed by atoms with Crippen LogP contribution in [-0.4, -0.2) is 51.8 Å². The Kier molecular flexibility index (Phi) is 6.53. The van der Waals surface area contributed by atoms with Gasteiger partial charge in [0, 0.05) is 38.1 Å². The van der Waals surface area contributed by atoms with Gasteiger partial charge in [0.25, 0.3) is 0 Å². The molecule has 1 aliphatic rings. The van der Waals surface area contributed by atoms with E-state index in [1.807, 2.05) is 29.8 Å². The maximum atomic E-state index is 13.1. The molecule has 1 aliphatic heterocycles. The molecule has 1 aromatic carbocycles. The van der Waals surface area contributed by atoms with E-state index in [9.17, 15) is 9.59 Å². The standard InChI is InChI=1S/C23H27N7O3/c1-15-24-10-12-30(15)22-9-8-21(27-28-22)29-11-4-5-17(14-29)23(32)26-19-13-18(25-16(2)31)6-7-20(19)33-3/h6-10,12-13,17H,4-5,11,14H2,1-3H3,(H,25,31)(H,26,32). The number of nitrogens with zero attached hydrogens (tertiary/aromatic N) is 5. The zero-order chi connectivity index (χ0) is 23.4. The number of hydrogen-bond donors (Lipinski definition) is 2. The summed E-state index contributed by atoms with van der Waals surface area (Å²) in [6, 6.07) is 8.96. The van der Waals surface area contributed by atoms with E-state index in [1.165, 1.54) is 6.92 Å². The summed E-state index contributed by atoms with van der Waals surface area (Å²) >= 11 is 0. The number of benzene rings is 1. The number of anilines is 3. The number of amides is 2. The molecule has 0 bridgehead atoms. The lowest BCUT2D eigenvalue weighted by Gasteiger charge is -2.32. The molecule has 10 nitrogen and oxygen atoms in total. The SMILES string of the molecule is COc1ccc(NC(C)=O)cc1NC(=O)C1CCCN(c2ccc(-n3ccnc3C)nn2)C1. The second-order valence-electron chi connectivity index (χ2n) is 7.96. The van der Waals surface area contributed by atoms with Crippen LogP contribution in [0.15, 0.2) is 42.7 Å². The van der Waals surface area contributed by atoms with Gasteiger partial charge in [0.15, 0.2) is 11.6 Å². The van der Waals surface area contributed by atoms with E-state index in [0.717, 1.165) is 31.0 Å². The number of ether oxygens (including phenoxy) is 1. The summed E-state index contributed by atoms with van der Waals surface area (Å²) in [5.41, 5.74) is 1.11. The molecule has 0 saturated carbocycles. The molecular formula is C23H27N7O3. The van der Waals surface area contributed by atoms with Crippen molar-refractivity contribution in [2.45, 2.75) is 26.7 Å². The Labute approximate surface area is 192 Å². The Balaban J connectivity index is 1.45. The highest BCUT2D eigenvalue weighted by molar-refractivity contribution is 5.96. The zero-order valence-electron chi connectivity index (χ0n) is 18.9. The lowest BCUT2D eigenvalue weighted by atomic mass is 9.97. The Bertz CT molecular complexity index is 1140. The van der Waals surface area contributed by atoms with E-state index in [4.69, 9.17) is 4.74 Å². The third-order valence-electron chi connectivity index (χ3n) is 5.60. The summed E-state index contributed by atoms with van der Waals surface area (Å²) in [7, 11) is 1.54. The summed E-state index contributed by atoms with van der Waals surface area (Å²) < 4.78 is 7.24. The van der Waals surface area contributed by atoms with Crippen molar-refractivity contribution in [3.63, 3.8) is 0 Å². The Morgan fingerprint density at radius 1 is 1.12 bits per heavy atom. The van der Waals surface area contributed by atoms with Crippen LogP contribution in [0.25, 0.3) is 5.82 Å². The quantitative estimate of drug-likeness (QED) is 0.595. The van der Waals surface area contributed by atoms with Crippen LogP contribution >= 0.6 is 0 Å². The number of aromatic nitrogens is 4. The number of carbonyl (C=O) groups is 2. The Morgan fingerprint density at radius 2 is 1.91 bits per heavy atom. The molecular weight excluding hydrogens is 422 g/mol. The van der Waals surface area contributed by atoms with Crippen LogP contribution in [0, 0.1) is 12.8 Å². The second kappa shape index (κ2) is 9.68. The zero-order valence-corrected chi connectivity index (χ0v) is 18.9. The first-order chi connectivity index (χ1) is 15.9. The molecule has 172 valence electrons. The average molecular weight is 450 g/mol. The van der Waals surface area contributed by atoms with Crippen LogP contribution in [0.3, 0.4) is 0 Å². The van der Waals surface area contributed by atoms with Gasteiger partial charge in [0.1, 0.15) is 11.6 Å². The molecule has 0 spiro atoms. The lowest BCUT2D eigenvalue weighted by molar-refractivity contribution is -0.120. The largest absolute Gasteiger partial charge is 0.495 e. The fourth-order valence-corrected chi connectivity index (χ4v) is 3.96. The van der Waals surface area contributed by atoms with Crippen molar-refractivity contribution in [1.82, 2.24) is 19.7 Å². The van der Waals surface area contributed by atoms with E-state index < -0.39 is 0 Å². The molecule has 0 radical (unpaired) electrons. The molecule has 2 aromatic heterocycles. The predicted octanol–water partition coefficient (Wildman–Crippen LogP) is 2.79. The van der Waals surface area contributed by atoms with Crippen LogP contribution in [0.4, 0.5) is 17.2 Å². The molecule has 2 N–H and O–H groups in total. The minimum absolute atomic E-state index is 0.100. The van der Waals surface area contributed by atoms with Crippen molar-refractivity contribution in [2.24, 2.45) is 5.92 Å². The molecule has 1 unspecified atom stereocenters. The molecule has 3 aromatic rings. The number of aryl methyl sites for hydroxylation is 1. The van der Waals surface area contributed by atoms with E-state index >= 15 is 0 Å². The van der Waals surface area contributed by atoms with Gasteiger partial charge in [-0.2, -0.15) is 0 Å². The third kappa shape index (κ3) is 5.11. The van der Waals surface area contributed by atoms with Crippen molar-refractivity contribution < 1.29 is 14.3 Å². The first kappa shape index (κ1) is 22.3. The normalized spacial score (nSPS) is 15.7. The maximum Gasteiger partial charge on any atom is 0.229 e. The van der Waals surface area contributed by atoms with Gasteiger partial charge in [-0.3, -0.25) is 14.2 Å². The third-order valence-corrected chi connectivity index (χ3v) is 5.60. The number of nitrogens with one attached hydrogen (secondary N) is 2. The molecule has 1 saturated heterocycles. The summed E-state index contributed by atoms with van der Waals surface area (Å²) in [4.78, 5) is 30.7. The number of piperidine rings is 1. The molecule has 0 aliphatic carbocycles. The lowest BCUT2D eigenvalue weighted by Crippen LogP contribution is -2.41. The van der Waals surface area contributed by atoms with Crippen molar-refractivity contribution in [2.75, 3.05) is 35.7 Å². The number of methoxy groups -OCH3 is 1. The van der Waals surface area contributed by atoms with Crippen LogP contribution in [0.1, 0.15) is 25.6 Å². The van der Waals surface area contributed by atoms with Gasteiger partial charge in [0.2, 0.25) is 11.8 Å². The molecule has 2 amide bonds. The smallest absolute Gasteiger partial charge is 0.229 e. The van der Waals surface area contributed by atoms with E-state index in [-0.39, 0.29) is 17.7 Å². The van der Waals surface area contributed by atoms with Crippen LogP contribution in [0.2, 0.25) is 0 Å². The van der Waals surface area contributed by atoms with Gasteiger partial charge in [-0.25, -0.2) is 4.98 Å². The fourth-order valence-electron chi connectivity index (χ4n) is 3.96. The minimum Gasteiger partial charge on any atom is -0.495 e. The Hall–Kier alpha value is -3.95. The van der Waals surface area contributed by atoms with Gasteiger partial charge in [-0.05, 0) is 50.1 Å². The highest BCUT2D eigenvalue weighted by atomic mass is 16.5. The van der Waals surface area contributed by atoms with Crippen molar-refractivity contribution >= 4 is 29.0 Å². The van der Waals surface area contributed by atoms with Gasteiger partial charge < -0.3 is 20.3 Å². The molecule has 33 heavy (non-hydrogen) atoms. The topological polar surface area (TPSA) is 114 Å². The number of carbonyl (C=O) groups excluding carboxylic acids is 2.